The van der Waals surface area contributed by atoms with E-state index in [-0.39, 0.29) is 18.0 Å². The van der Waals surface area contributed by atoms with Gasteiger partial charge in [-0.3, -0.25) is 10.1 Å². The fraction of sp³-hybridized carbons (Fsp3) is 0.611. The first-order valence-corrected chi connectivity index (χ1v) is 8.67. The molecule has 1 amide bonds. The Bertz CT molecular complexity index is 506. The molecule has 4 heteroatoms. The Kier molecular flexibility index (Phi) is 6.27. The summed E-state index contributed by atoms with van der Waals surface area (Å²) in [6.45, 7) is 6.18. The monoisotopic (exact) mass is 322 g/mol. The van der Waals surface area contributed by atoms with Crippen molar-refractivity contribution in [3.63, 3.8) is 0 Å². The maximum atomic E-state index is 12.4. The van der Waals surface area contributed by atoms with Crippen LogP contribution >= 0.6 is 11.6 Å². The molecule has 1 aliphatic carbocycles. The molecule has 1 aromatic rings. The second kappa shape index (κ2) is 7.98. The number of nitrogens with one attached hydrogen (secondary N) is 2. The SMILES string of the molecule is CC(NC(C)c1ccccc1Cl)C(=O)NC1CCCCC1C. The lowest BCUT2D eigenvalue weighted by Crippen LogP contribution is -2.49. The summed E-state index contributed by atoms with van der Waals surface area (Å²) in [5.41, 5.74) is 1.02. The van der Waals surface area contributed by atoms with Gasteiger partial charge in [0.25, 0.3) is 0 Å². The standard InChI is InChI=1S/C18H27ClN2O/c1-12-8-4-7-11-17(12)21-18(22)14(3)20-13(2)15-9-5-6-10-16(15)19/h5-6,9-10,12-14,17,20H,4,7-8,11H2,1-3H3,(H,21,22). The van der Waals surface area contributed by atoms with Gasteiger partial charge >= 0.3 is 0 Å². The minimum Gasteiger partial charge on any atom is -0.352 e. The van der Waals surface area contributed by atoms with Crippen LogP contribution in [0.1, 0.15) is 58.1 Å². The molecule has 0 aromatic heterocycles. The van der Waals surface area contributed by atoms with Crippen LogP contribution < -0.4 is 10.6 Å². The smallest absolute Gasteiger partial charge is 0.237 e. The highest BCUT2D eigenvalue weighted by Crippen LogP contribution is 2.24. The first kappa shape index (κ1) is 17.3. The zero-order chi connectivity index (χ0) is 16.1. The van der Waals surface area contributed by atoms with Crippen LogP contribution in [-0.2, 0) is 4.79 Å². The molecule has 1 aliphatic rings. The van der Waals surface area contributed by atoms with E-state index in [1.165, 1.54) is 19.3 Å². The van der Waals surface area contributed by atoms with E-state index in [0.29, 0.717) is 12.0 Å². The summed E-state index contributed by atoms with van der Waals surface area (Å²) in [7, 11) is 0. The summed E-state index contributed by atoms with van der Waals surface area (Å²) in [5.74, 6) is 0.656. The van der Waals surface area contributed by atoms with Crippen LogP contribution in [0.15, 0.2) is 24.3 Å². The van der Waals surface area contributed by atoms with Gasteiger partial charge in [-0.1, -0.05) is 49.6 Å². The number of hydrogen-bond donors (Lipinski definition) is 2. The van der Waals surface area contributed by atoms with Crippen LogP contribution in [0.3, 0.4) is 0 Å². The average molecular weight is 323 g/mol. The molecule has 2 rings (SSSR count). The molecule has 1 saturated carbocycles. The third-order valence-corrected chi connectivity index (χ3v) is 5.05. The molecule has 0 heterocycles. The summed E-state index contributed by atoms with van der Waals surface area (Å²) >= 11 is 6.22. The van der Waals surface area contributed by atoms with Crippen LogP contribution in [0.2, 0.25) is 5.02 Å². The molecule has 4 unspecified atom stereocenters. The normalized spacial score (nSPS) is 24.5. The van der Waals surface area contributed by atoms with Gasteiger partial charge in [0.2, 0.25) is 5.91 Å². The van der Waals surface area contributed by atoms with E-state index in [9.17, 15) is 4.79 Å². The van der Waals surface area contributed by atoms with Crippen molar-refractivity contribution >= 4 is 17.5 Å². The van der Waals surface area contributed by atoms with E-state index in [1.54, 1.807) is 0 Å². The Labute approximate surface area is 138 Å². The van der Waals surface area contributed by atoms with Crippen molar-refractivity contribution in [3.05, 3.63) is 34.9 Å². The number of benzene rings is 1. The summed E-state index contributed by atoms with van der Waals surface area (Å²) < 4.78 is 0. The molecule has 2 N–H and O–H groups in total. The lowest BCUT2D eigenvalue weighted by Gasteiger charge is -2.31. The van der Waals surface area contributed by atoms with Crippen LogP contribution in [-0.4, -0.2) is 18.0 Å². The number of rotatable bonds is 5. The zero-order valence-corrected chi connectivity index (χ0v) is 14.5. The van der Waals surface area contributed by atoms with E-state index in [0.717, 1.165) is 17.0 Å². The van der Waals surface area contributed by atoms with E-state index in [2.05, 4.69) is 17.6 Å². The van der Waals surface area contributed by atoms with Crippen molar-refractivity contribution < 1.29 is 4.79 Å². The maximum Gasteiger partial charge on any atom is 0.237 e. The Hall–Kier alpha value is -1.06. The third-order valence-electron chi connectivity index (χ3n) is 4.70. The van der Waals surface area contributed by atoms with Gasteiger partial charge < -0.3 is 5.32 Å². The first-order valence-electron chi connectivity index (χ1n) is 8.30. The summed E-state index contributed by atoms with van der Waals surface area (Å²) in [6, 6.07) is 7.88. The van der Waals surface area contributed by atoms with Crippen LogP contribution in [0.25, 0.3) is 0 Å². The molecule has 22 heavy (non-hydrogen) atoms. The fourth-order valence-corrected chi connectivity index (χ4v) is 3.50. The van der Waals surface area contributed by atoms with Crippen molar-refractivity contribution in [2.75, 3.05) is 0 Å². The average Bonchev–Trinajstić information content (AvgIpc) is 2.49. The minimum atomic E-state index is -0.236. The number of halogens is 1. The van der Waals surface area contributed by atoms with Crippen molar-refractivity contribution in [2.45, 2.75) is 64.6 Å². The highest BCUT2D eigenvalue weighted by atomic mass is 35.5. The van der Waals surface area contributed by atoms with Crippen molar-refractivity contribution in [1.29, 1.82) is 0 Å². The molecule has 0 aliphatic heterocycles. The summed E-state index contributed by atoms with van der Waals surface area (Å²) in [6.07, 6.45) is 4.81. The lowest BCUT2D eigenvalue weighted by atomic mass is 9.86. The zero-order valence-electron chi connectivity index (χ0n) is 13.7. The number of carbonyl (C=O) groups is 1. The second-order valence-corrected chi connectivity index (χ2v) is 6.92. The molecule has 0 radical (unpaired) electrons. The van der Waals surface area contributed by atoms with Crippen LogP contribution in [0, 0.1) is 5.92 Å². The van der Waals surface area contributed by atoms with Gasteiger partial charge in [0.15, 0.2) is 0 Å². The molecular weight excluding hydrogens is 296 g/mol. The Morgan fingerprint density at radius 3 is 2.59 bits per heavy atom. The lowest BCUT2D eigenvalue weighted by molar-refractivity contribution is -0.124. The van der Waals surface area contributed by atoms with E-state index < -0.39 is 0 Å². The molecule has 0 bridgehead atoms. The molecule has 4 atom stereocenters. The van der Waals surface area contributed by atoms with E-state index in [4.69, 9.17) is 11.6 Å². The van der Waals surface area contributed by atoms with Crippen LogP contribution in [0.5, 0.6) is 0 Å². The van der Waals surface area contributed by atoms with Crippen LogP contribution in [0.4, 0.5) is 0 Å². The van der Waals surface area contributed by atoms with E-state index in [1.807, 2.05) is 38.1 Å². The number of hydrogen-bond acceptors (Lipinski definition) is 2. The molecular formula is C18H27ClN2O. The van der Waals surface area contributed by atoms with Gasteiger partial charge in [0.1, 0.15) is 0 Å². The van der Waals surface area contributed by atoms with Gasteiger partial charge in [-0.2, -0.15) is 0 Å². The first-order chi connectivity index (χ1) is 10.5. The molecule has 3 nitrogen and oxygen atoms in total. The van der Waals surface area contributed by atoms with E-state index >= 15 is 0 Å². The van der Waals surface area contributed by atoms with Crippen molar-refractivity contribution in [3.8, 4) is 0 Å². The van der Waals surface area contributed by atoms with Gasteiger partial charge in [0.05, 0.1) is 6.04 Å². The Balaban J connectivity index is 1.89. The predicted octanol–water partition coefficient (Wildman–Crippen LogP) is 4.07. The highest BCUT2D eigenvalue weighted by molar-refractivity contribution is 6.31. The molecule has 122 valence electrons. The largest absolute Gasteiger partial charge is 0.352 e. The molecule has 1 aromatic carbocycles. The Morgan fingerprint density at radius 2 is 1.91 bits per heavy atom. The van der Waals surface area contributed by atoms with Crippen molar-refractivity contribution in [2.24, 2.45) is 5.92 Å². The topological polar surface area (TPSA) is 41.1 Å². The van der Waals surface area contributed by atoms with Crippen molar-refractivity contribution in [1.82, 2.24) is 10.6 Å². The Morgan fingerprint density at radius 1 is 1.23 bits per heavy atom. The molecule has 0 saturated heterocycles. The minimum absolute atomic E-state index is 0.0400. The second-order valence-electron chi connectivity index (χ2n) is 6.51. The van der Waals surface area contributed by atoms with Gasteiger partial charge in [-0.25, -0.2) is 0 Å². The third kappa shape index (κ3) is 4.47. The maximum absolute atomic E-state index is 12.4. The summed E-state index contributed by atoms with van der Waals surface area (Å²) in [4.78, 5) is 12.4. The fourth-order valence-electron chi connectivity index (χ4n) is 3.21. The quantitative estimate of drug-likeness (QED) is 0.857. The van der Waals surface area contributed by atoms with Gasteiger partial charge in [0, 0.05) is 17.1 Å². The van der Waals surface area contributed by atoms with Gasteiger partial charge in [-0.15, -0.1) is 0 Å². The highest BCUT2D eigenvalue weighted by Gasteiger charge is 2.25. The predicted molar refractivity (Wildman–Crippen MR) is 92.0 cm³/mol. The number of amides is 1. The van der Waals surface area contributed by atoms with Gasteiger partial charge in [-0.05, 0) is 44.2 Å². The summed E-state index contributed by atoms with van der Waals surface area (Å²) in [5, 5.41) is 7.28. The number of carbonyl (C=O) groups excluding carboxylic acids is 1. The molecule has 1 fully saturated rings. The molecule has 0 spiro atoms.